The van der Waals surface area contributed by atoms with Crippen LogP contribution in [-0.4, -0.2) is 51.6 Å². The summed E-state index contributed by atoms with van der Waals surface area (Å²) in [7, 11) is -3.85. The van der Waals surface area contributed by atoms with Gasteiger partial charge in [-0.3, -0.25) is 9.10 Å². The molecule has 0 spiro atoms. The molecule has 7 heteroatoms. The zero-order chi connectivity index (χ0) is 20.1. The number of hydrogen-bond acceptors (Lipinski definition) is 4. The van der Waals surface area contributed by atoms with Gasteiger partial charge in [-0.2, -0.15) is 0 Å². The quantitative estimate of drug-likeness (QED) is 0.700. The highest BCUT2D eigenvalue weighted by atomic mass is 32.2. The van der Waals surface area contributed by atoms with E-state index in [1.54, 1.807) is 41.3 Å². The molecule has 1 atom stereocenters. The predicted molar refractivity (Wildman–Crippen MR) is 109 cm³/mol. The minimum absolute atomic E-state index is 0.0363. The van der Waals surface area contributed by atoms with Crippen molar-refractivity contribution in [1.29, 1.82) is 0 Å². The molecule has 2 aromatic carbocycles. The largest absolute Gasteiger partial charge is 0.375 e. The Labute approximate surface area is 166 Å². The second-order valence-electron chi connectivity index (χ2n) is 6.62. The normalized spacial score (nSPS) is 17.2. The van der Waals surface area contributed by atoms with Crippen molar-refractivity contribution in [3.63, 3.8) is 0 Å². The second-order valence-corrected chi connectivity index (χ2v) is 8.48. The Kier molecular flexibility index (Phi) is 6.16. The molecule has 1 fully saturated rings. The number of benzene rings is 2. The van der Waals surface area contributed by atoms with Gasteiger partial charge in [0.05, 0.1) is 29.8 Å². The van der Waals surface area contributed by atoms with E-state index in [1.807, 2.05) is 13.0 Å². The van der Waals surface area contributed by atoms with E-state index in [1.165, 1.54) is 22.5 Å². The van der Waals surface area contributed by atoms with Crippen LogP contribution in [0.15, 0.2) is 72.1 Å². The summed E-state index contributed by atoms with van der Waals surface area (Å²) in [5.41, 5.74) is 0.892. The van der Waals surface area contributed by atoms with Crippen LogP contribution in [0, 0.1) is 0 Å². The molecule has 2 aromatic rings. The topological polar surface area (TPSA) is 66.9 Å². The molecule has 148 valence electrons. The van der Waals surface area contributed by atoms with Crippen molar-refractivity contribution in [3.8, 4) is 0 Å². The summed E-state index contributed by atoms with van der Waals surface area (Å²) in [5.74, 6) is -0.192. The molecule has 0 saturated carbocycles. The average Bonchev–Trinajstić information content (AvgIpc) is 2.72. The summed E-state index contributed by atoms with van der Waals surface area (Å²) in [4.78, 5) is 14.6. The number of morpholine rings is 1. The molecule has 1 saturated heterocycles. The molecule has 0 bridgehead atoms. The summed E-state index contributed by atoms with van der Waals surface area (Å²) >= 11 is 0. The van der Waals surface area contributed by atoms with Crippen molar-refractivity contribution in [1.82, 2.24) is 4.90 Å². The molecule has 28 heavy (non-hydrogen) atoms. The number of amides is 1. The molecule has 1 amide bonds. The molecule has 1 aliphatic rings. The standard InChI is InChI=1S/C21H24N2O4S/c1-3-12-23(19-9-5-4-6-10-19)28(25,26)20-11-7-8-18(15-20)21(24)22-13-14-27-17(2)16-22/h3-11,15,17H,1,12-14,16H2,2H3/t17-/m1/s1. The zero-order valence-corrected chi connectivity index (χ0v) is 16.6. The maximum absolute atomic E-state index is 13.3. The number of ether oxygens (including phenoxy) is 1. The Bertz CT molecular complexity index is 944. The van der Waals surface area contributed by atoms with Gasteiger partial charge in [0, 0.05) is 18.7 Å². The van der Waals surface area contributed by atoms with Crippen molar-refractivity contribution in [2.75, 3.05) is 30.5 Å². The van der Waals surface area contributed by atoms with Gasteiger partial charge >= 0.3 is 0 Å². The highest BCUT2D eigenvalue weighted by molar-refractivity contribution is 7.92. The number of nitrogens with zero attached hydrogens (tertiary/aromatic N) is 2. The zero-order valence-electron chi connectivity index (χ0n) is 15.8. The molecule has 0 N–H and O–H groups in total. The van der Waals surface area contributed by atoms with Gasteiger partial charge in [-0.15, -0.1) is 6.58 Å². The lowest BCUT2D eigenvalue weighted by Gasteiger charge is -2.31. The molecule has 0 aliphatic carbocycles. The smallest absolute Gasteiger partial charge is 0.264 e. The van der Waals surface area contributed by atoms with E-state index in [0.717, 1.165) is 0 Å². The minimum Gasteiger partial charge on any atom is -0.375 e. The van der Waals surface area contributed by atoms with Crippen LogP contribution in [0.4, 0.5) is 5.69 Å². The van der Waals surface area contributed by atoms with E-state index in [0.29, 0.717) is 30.9 Å². The lowest BCUT2D eigenvalue weighted by atomic mass is 10.2. The SMILES string of the molecule is C=CCN(c1ccccc1)S(=O)(=O)c1cccc(C(=O)N2CCO[C@H](C)C2)c1. The van der Waals surface area contributed by atoms with Gasteiger partial charge in [0.1, 0.15) is 0 Å². The average molecular weight is 401 g/mol. The van der Waals surface area contributed by atoms with Crippen molar-refractivity contribution < 1.29 is 17.9 Å². The number of sulfonamides is 1. The van der Waals surface area contributed by atoms with E-state index < -0.39 is 10.0 Å². The van der Waals surface area contributed by atoms with Crippen molar-refractivity contribution in [3.05, 3.63) is 72.8 Å². The maximum Gasteiger partial charge on any atom is 0.264 e. The number of hydrogen-bond donors (Lipinski definition) is 0. The number of carbonyl (C=O) groups excluding carboxylic acids is 1. The van der Waals surface area contributed by atoms with Gasteiger partial charge < -0.3 is 9.64 Å². The molecular formula is C21H24N2O4S. The Morgan fingerprint density at radius 2 is 2.00 bits per heavy atom. The first-order chi connectivity index (χ1) is 13.4. The van der Waals surface area contributed by atoms with E-state index in [2.05, 4.69) is 6.58 Å². The fourth-order valence-electron chi connectivity index (χ4n) is 3.16. The van der Waals surface area contributed by atoms with Crippen LogP contribution >= 0.6 is 0 Å². The summed E-state index contributed by atoms with van der Waals surface area (Å²) in [6.07, 6.45) is 1.50. The van der Waals surface area contributed by atoms with Crippen LogP contribution in [0.3, 0.4) is 0 Å². The molecule has 6 nitrogen and oxygen atoms in total. The Hall–Kier alpha value is -2.64. The fourth-order valence-corrected chi connectivity index (χ4v) is 4.64. The van der Waals surface area contributed by atoms with E-state index >= 15 is 0 Å². The summed E-state index contributed by atoms with van der Waals surface area (Å²) in [5, 5.41) is 0. The molecule has 0 radical (unpaired) electrons. The maximum atomic E-state index is 13.3. The van der Waals surface area contributed by atoms with Gasteiger partial charge in [0.15, 0.2) is 0 Å². The molecule has 3 rings (SSSR count). The van der Waals surface area contributed by atoms with Crippen LogP contribution in [0.2, 0.25) is 0 Å². The first-order valence-corrected chi connectivity index (χ1v) is 10.6. The van der Waals surface area contributed by atoms with Crippen LogP contribution in [0.1, 0.15) is 17.3 Å². The lowest BCUT2D eigenvalue weighted by molar-refractivity contribution is -0.0124. The number of carbonyl (C=O) groups is 1. The monoisotopic (exact) mass is 400 g/mol. The number of anilines is 1. The van der Waals surface area contributed by atoms with E-state index in [4.69, 9.17) is 4.74 Å². The Morgan fingerprint density at radius 1 is 1.25 bits per heavy atom. The van der Waals surface area contributed by atoms with E-state index in [-0.39, 0.29) is 23.5 Å². The van der Waals surface area contributed by atoms with Crippen molar-refractivity contribution in [2.45, 2.75) is 17.9 Å². The Balaban J connectivity index is 1.93. The number of rotatable bonds is 6. The molecular weight excluding hydrogens is 376 g/mol. The summed E-state index contributed by atoms with van der Waals surface area (Å²) in [6.45, 7) is 7.17. The third-order valence-corrected chi connectivity index (χ3v) is 6.33. The predicted octanol–water partition coefficient (Wildman–Crippen LogP) is 2.93. The van der Waals surface area contributed by atoms with Crippen LogP contribution < -0.4 is 4.31 Å². The molecule has 0 aromatic heterocycles. The second kappa shape index (κ2) is 8.58. The lowest BCUT2D eigenvalue weighted by Crippen LogP contribution is -2.44. The third-order valence-electron chi connectivity index (χ3n) is 4.54. The fraction of sp³-hybridized carbons (Fsp3) is 0.286. The molecule has 0 unspecified atom stereocenters. The Morgan fingerprint density at radius 3 is 2.68 bits per heavy atom. The van der Waals surface area contributed by atoms with Gasteiger partial charge in [-0.25, -0.2) is 8.42 Å². The number of para-hydroxylation sites is 1. The van der Waals surface area contributed by atoms with Crippen LogP contribution in [0.5, 0.6) is 0 Å². The highest BCUT2D eigenvalue weighted by Gasteiger charge is 2.27. The van der Waals surface area contributed by atoms with Crippen LogP contribution in [-0.2, 0) is 14.8 Å². The summed E-state index contributed by atoms with van der Waals surface area (Å²) in [6, 6.07) is 15.0. The molecule has 1 heterocycles. The van der Waals surface area contributed by atoms with Gasteiger partial charge in [-0.05, 0) is 37.3 Å². The first kappa shape index (κ1) is 20.1. The third kappa shape index (κ3) is 4.26. The van der Waals surface area contributed by atoms with Crippen LogP contribution in [0.25, 0.3) is 0 Å². The highest BCUT2D eigenvalue weighted by Crippen LogP contribution is 2.24. The minimum atomic E-state index is -3.85. The molecule has 1 aliphatic heterocycles. The summed E-state index contributed by atoms with van der Waals surface area (Å²) < 4.78 is 33.3. The van der Waals surface area contributed by atoms with Crippen molar-refractivity contribution in [2.24, 2.45) is 0 Å². The van der Waals surface area contributed by atoms with E-state index in [9.17, 15) is 13.2 Å². The van der Waals surface area contributed by atoms with Gasteiger partial charge in [0.2, 0.25) is 0 Å². The first-order valence-electron chi connectivity index (χ1n) is 9.13. The van der Waals surface area contributed by atoms with Gasteiger partial charge in [-0.1, -0.05) is 30.3 Å². The van der Waals surface area contributed by atoms with Gasteiger partial charge in [0.25, 0.3) is 15.9 Å². The van der Waals surface area contributed by atoms with Crippen molar-refractivity contribution >= 4 is 21.6 Å².